The highest BCUT2D eigenvalue weighted by molar-refractivity contribution is 5.94. The number of nitrogens with one attached hydrogen (secondary N) is 1. The number of hydrogen-bond acceptors (Lipinski definition) is 3. The van der Waals surface area contributed by atoms with Crippen molar-refractivity contribution in [2.45, 2.75) is 13.5 Å². The summed E-state index contributed by atoms with van der Waals surface area (Å²) in [7, 11) is 1.83. The minimum atomic E-state index is -0.420. The Kier molecular flexibility index (Phi) is 3.41. The van der Waals surface area contributed by atoms with E-state index in [2.05, 4.69) is 10.4 Å². The van der Waals surface area contributed by atoms with Crippen molar-refractivity contribution in [2.75, 3.05) is 5.32 Å². The molecule has 0 spiro atoms. The lowest BCUT2D eigenvalue weighted by atomic mass is 10.1. The van der Waals surface area contributed by atoms with Gasteiger partial charge in [-0.2, -0.15) is 5.10 Å². The van der Waals surface area contributed by atoms with Crippen LogP contribution in [0, 0.1) is 5.82 Å². The molecule has 5 heteroatoms. The number of rotatable bonds is 4. The highest BCUT2D eigenvalue weighted by Gasteiger charge is 2.05. The van der Waals surface area contributed by atoms with Gasteiger partial charge in [-0.3, -0.25) is 9.48 Å². The summed E-state index contributed by atoms with van der Waals surface area (Å²) in [6, 6.07) is 4.24. The molecule has 1 N–H and O–H groups in total. The van der Waals surface area contributed by atoms with Crippen LogP contribution < -0.4 is 5.32 Å². The van der Waals surface area contributed by atoms with Crippen molar-refractivity contribution in [1.82, 2.24) is 9.78 Å². The first-order valence-corrected chi connectivity index (χ1v) is 5.57. The second-order valence-corrected chi connectivity index (χ2v) is 4.16. The number of anilines is 1. The van der Waals surface area contributed by atoms with Gasteiger partial charge in [0.25, 0.3) is 0 Å². The van der Waals surface area contributed by atoms with Gasteiger partial charge in [0.2, 0.25) is 0 Å². The van der Waals surface area contributed by atoms with E-state index >= 15 is 0 Å². The summed E-state index contributed by atoms with van der Waals surface area (Å²) in [5, 5.41) is 7.11. The quantitative estimate of drug-likeness (QED) is 0.844. The molecule has 0 aliphatic carbocycles. The minimum Gasteiger partial charge on any atom is -0.381 e. The summed E-state index contributed by atoms with van der Waals surface area (Å²) in [6.07, 6.45) is 3.61. The highest BCUT2D eigenvalue weighted by Crippen LogP contribution is 2.15. The average molecular weight is 247 g/mol. The molecule has 1 aromatic heterocycles. The van der Waals surface area contributed by atoms with Crippen molar-refractivity contribution in [2.24, 2.45) is 7.05 Å². The molecule has 0 fully saturated rings. The van der Waals surface area contributed by atoms with E-state index in [1.165, 1.54) is 19.1 Å². The van der Waals surface area contributed by atoms with Crippen molar-refractivity contribution in [3.05, 3.63) is 47.5 Å². The molecule has 0 amide bonds. The average Bonchev–Trinajstić information content (AvgIpc) is 2.72. The Balaban J connectivity index is 2.11. The number of nitrogens with zero attached hydrogens (tertiary/aromatic N) is 2. The molecule has 0 bridgehead atoms. The maximum absolute atomic E-state index is 13.3. The van der Waals surface area contributed by atoms with E-state index in [9.17, 15) is 9.18 Å². The lowest BCUT2D eigenvalue weighted by Crippen LogP contribution is -2.01. The first-order valence-electron chi connectivity index (χ1n) is 5.57. The molecule has 0 saturated carbocycles. The highest BCUT2D eigenvalue weighted by atomic mass is 19.1. The molecule has 1 heterocycles. The zero-order valence-electron chi connectivity index (χ0n) is 10.3. The summed E-state index contributed by atoms with van der Waals surface area (Å²) < 4.78 is 15.0. The molecule has 1 aromatic carbocycles. The van der Waals surface area contributed by atoms with Crippen LogP contribution in [-0.4, -0.2) is 15.6 Å². The fraction of sp³-hybridized carbons (Fsp3) is 0.231. The zero-order chi connectivity index (χ0) is 13.1. The van der Waals surface area contributed by atoms with Crippen LogP contribution in [-0.2, 0) is 13.6 Å². The van der Waals surface area contributed by atoms with Crippen LogP contribution >= 0.6 is 0 Å². The second-order valence-electron chi connectivity index (χ2n) is 4.16. The van der Waals surface area contributed by atoms with Gasteiger partial charge in [-0.05, 0) is 25.1 Å². The normalized spacial score (nSPS) is 10.4. The predicted octanol–water partition coefficient (Wildman–Crippen LogP) is 2.37. The first kappa shape index (κ1) is 12.3. The van der Waals surface area contributed by atoms with Gasteiger partial charge in [0.05, 0.1) is 6.20 Å². The lowest BCUT2D eigenvalue weighted by Gasteiger charge is -2.06. The monoisotopic (exact) mass is 247 g/mol. The molecule has 0 aliphatic rings. The van der Waals surface area contributed by atoms with E-state index in [4.69, 9.17) is 0 Å². The van der Waals surface area contributed by atoms with Crippen molar-refractivity contribution in [3.63, 3.8) is 0 Å². The van der Waals surface area contributed by atoms with Crippen LogP contribution in [0.1, 0.15) is 22.8 Å². The van der Waals surface area contributed by atoms with Gasteiger partial charge >= 0.3 is 0 Å². The summed E-state index contributed by atoms with van der Waals surface area (Å²) in [5.41, 5.74) is 1.94. The number of benzene rings is 1. The summed E-state index contributed by atoms with van der Waals surface area (Å²) >= 11 is 0. The van der Waals surface area contributed by atoms with Crippen LogP contribution in [0.3, 0.4) is 0 Å². The van der Waals surface area contributed by atoms with Crippen LogP contribution in [0.5, 0.6) is 0 Å². The van der Waals surface area contributed by atoms with E-state index < -0.39 is 5.82 Å². The van der Waals surface area contributed by atoms with E-state index in [1.807, 2.05) is 13.2 Å². The molecule has 18 heavy (non-hydrogen) atoms. The van der Waals surface area contributed by atoms with E-state index in [-0.39, 0.29) is 5.78 Å². The van der Waals surface area contributed by atoms with Crippen LogP contribution in [0.15, 0.2) is 30.6 Å². The van der Waals surface area contributed by atoms with E-state index in [0.29, 0.717) is 17.8 Å². The van der Waals surface area contributed by atoms with Crippen molar-refractivity contribution >= 4 is 11.5 Å². The largest absolute Gasteiger partial charge is 0.381 e. The lowest BCUT2D eigenvalue weighted by molar-refractivity contribution is 0.101. The third kappa shape index (κ3) is 2.94. The Bertz CT molecular complexity index is 577. The molecule has 0 saturated heterocycles. The zero-order valence-corrected chi connectivity index (χ0v) is 10.3. The predicted molar refractivity (Wildman–Crippen MR) is 66.9 cm³/mol. The Hall–Kier alpha value is -2.17. The number of carbonyl (C=O) groups is 1. The third-order valence-electron chi connectivity index (χ3n) is 2.56. The second kappa shape index (κ2) is 5.00. The topological polar surface area (TPSA) is 46.9 Å². The fourth-order valence-electron chi connectivity index (χ4n) is 1.66. The standard InChI is InChI=1S/C13H14FN3O/c1-9(18)11-3-12(14)5-13(4-11)15-6-10-7-16-17(2)8-10/h3-5,7-8,15H,6H2,1-2H3. The van der Waals surface area contributed by atoms with Gasteiger partial charge in [0, 0.05) is 36.6 Å². The molecule has 2 rings (SSSR count). The van der Waals surface area contributed by atoms with E-state index in [0.717, 1.165) is 5.56 Å². The molecular weight excluding hydrogens is 233 g/mol. The minimum absolute atomic E-state index is 0.154. The maximum Gasteiger partial charge on any atom is 0.159 e. The molecular formula is C13H14FN3O. The number of Topliss-reactive ketones (excluding diaryl/α,β-unsaturated/α-hetero) is 1. The molecule has 0 atom stereocenters. The SMILES string of the molecule is CC(=O)c1cc(F)cc(NCc2cnn(C)c2)c1. The molecule has 94 valence electrons. The number of halogens is 1. The van der Waals surface area contributed by atoms with Gasteiger partial charge in [-0.25, -0.2) is 4.39 Å². The molecule has 4 nitrogen and oxygen atoms in total. The van der Waals surface area contributed by atoms with Gasteiger partial charge < -0.3 is 5.32 Å². The van der Waals surface area contributed by atoms with Crippen molar-refractivity contribution in [1.29, 1.82) is 0 Å². The smallest absolute Gasteiger partial charge is 0.159 e. The molecule has 0 radical (unpaired) electrons. The summed E-state index contributed by atoms with van der Waals surface area (Å²) in [6.45, 7) is 1.95. The van der Waals surface area contributed by atoms with Gasteiger partial charge in [0.1, 0.15) is 5.82 Å². The van der Waals surface area contributed by atoms with Gasteiger partial charge in [-0.15, -0.1) is 0 Å². The first-order chi connectivity index (χ1) is 8.54. The summed E-state index contributed by atoms with van der Waals surface area (Å²) in [4.78, 5) is 11.2. The number of aromatic nitrogens is 2. The van der Waals surface area contributed by atoms with Crippen molar-refractivity contribution in [3.8, 4) is 0 Å². The van der Waals surface area contributed by atoms with Crippen LogP contribution in [0.4, 0.5) is 10.1 Å². The number of ketones is 1. The number of hydrogen-bond donors (Lipinski definition) is 1. The van der Waals surface area contributed by atoms with Crippen LogP contribution in [0.25, 0.3) is 0 Å². The Morgan fingerprint density at radius 1 is 1.44 bits per heavy atom. The number of aryl methyl sites for hydroxylation is 1. The Labute approximate surface area is 104 Å². The molecule has 0 unspecified atom stereocenters. The maximum atomic E-state index is 13.3. The van der Waals surface area contributed by atoms with Gasteiger partial charge in [0.15, 0.2) is 5.78 Å². The van der Waals surface area contributed by atoms with Gasteiger partial charge in [-0.1, -0.05) is 0 Å². The van der Waals surface area contributed by atoms with Crippen molar-refractivity contribution < 1.29 is 9.18 Å². The van der Waals surface area contributed by atoms with E-state index in [1.54, 1.807) is 16.9 Å². The Morgan fingerprint density at radius 3 is 2.83 bits per heavy atom. The Morgan fingerprint density at radius 2 is 2.22 bits per heavy atom. The fourth-order valence-corrected chi connectivity index (χ4v) is 1.66. The van der Waals surface area contributed by atoms with Crippen LogP contribution in [0.2, 0.25) is 0 Å². The molecule has 2 aromatic rings. The molecule has 0 aliphatic heterocycles. The summed E-state index contributed by atoms with van der Waals surface area (Å²) in [5.74, 6) is -0.574. The number of carbonyl (C=O) groups excluding carboxylic acids is 1. The third-order valence-corrected chi connectivity index (χ3v) is 2.56.